The number of β-amino-alcohol motifs (C(OH)–C–C–N with tert-alkyl or cyclic N) is 1. The van der Waals surface area contributed by atoms with E-state index in [1.165, 1.54) is 0 Å². The van der Waals surface area contributed by atoms with Crippen LogP contribution in [0.2, 0.25) is 0 Å². The highest BCUT2D eigenvalue weighted by molar-refractivity contribution is 5.75. The highest BCUT2D eigenvalue weighted by atomic mass is 16.5. The van der Waals surface area contributed by atoms with Gasteiger partial charge >= 0.3 is 5.97 Å². The van der Waals surface area contributed by atoms with E-state index in [1.807, 2.05) is 0 Å². The van der Waals surface area contributed by atoms with Crippen LogP contribution in [-0.2, 0) is 9.53 Å². The standard InChI is InChI=1S/C7H11NO3/c9-5-2-8-1-4-3-11-7(10)6(4)5/h4-6,8-9H,1-3H2/t4-,5-,6+/m0/s1. The van der Waals surface area contributed by atoms with E-state index >= 15 is 0 Å². The lowest BCUT2D eigenvalue weighted by molar-refractivity contribution is -0.144. The highest BCUT2D eigenvalue weighted by Gasteiger charge is 2.43. The van der Waals surface area contributed by atoms with Crippen molar-refractivity contribution in [2.45, 2.75) is 6.10 Å². The summed E-state index contributed by atoms with van der Waals surface area (Å²) in [6.07, 6.45) is -0.552. The maximum absolute atomic E-state index is 11.0. The molecular formula is C7H11NO3. The van der Waals surface area contributed by atoms with Crippen LogP contribution in [0.15, 0.2) is 0 Å². The van der Waals surface area contributed by atoms with Crippen molar-refractivity contribution < 1.29 is 14.6 Å². The predicted molar refractivity (Wildman–Crippen MR) is 36.8 cm³/mol. The zero-order valence-electron chi connectivity index (χ0n) is 6.12. The Morgan fingerprint density at radius 1 is 1.55 bits per heavy atom. The first-order valence-corrected chi connectivity index (χ1v) is 3.84. The van der Waals surface area contributed by atoms with Crippen molar-refractivity contribution in [1.29, 1.82) is 0 Å². The minimum Gasteiger partial charge on any atom is -0.465 e. The first-order valence-electron chi connectivity index (χ1n) is 3.84. The maximum Gasteiger partial charge on any atom is 0.312 e. The van der Waals surface area contributed by atoms with Crippen molar-refractivity contribution >= 4 is 5.97 Å². The van der Waals surface area contributed by atoms with E-state index in [0.29, 0.717) is 13.2 Å². The largest absolute Gasteiger partial charge is 0.465 e. The number of hydrogen-bond acceptors (Lipinski definition) is 4. The third-order valence-electron chi connectivity index (χ3n) is 2.39. The fourth-order valence-corrected chi connectivity index (χ4v) is 1.78. The Morgan fingerprint density at radius 2 is 2.36 bits per heavy atom. The molecule has 0 unspecified atom stereocenters. The van der Waals surface area contributed by atoms with E-state index in [9.17, 15) is 9.90 Å². The summed E-state index contributed by atoms with van der Waals surface area (Å²) in [6.45, 7) is 1.76. The number of aliphatic hydroxyl groups is 1. The minimum atomic E-state index is -0.552. The summed E-state index contributed by atoms with van der Waals surface area (Å²) in [4.78, 5) is 11.0. The Balaban J connectivity index is 2.14. The zero-order valence-corrected chi connectivity index (χ0v) is 6.12. The number of aliphatic hydroxyl groups excluding tert-OH is 1. The summed E-state index contributed by atoms with van der Waals surface area (Å²) >= 11 is 0. The second-order valence-electron chi connectivity index (χ2n) is 3.14. The van der Waals surface area contributed by atoms with Gasteiger partial charge in [0.05, 0.1) is 18.6 Å². The molecule has 0 radical (unpaired) electrons. The van der Waals surface area contributed by atoms with E-state index in [2.05, 4.69) is 5.32 Å². The maximum atomic E-state index is 11.0. The third-order valence-corrected chi connectivity index (χ3v) is 2.39. The monoisotopic (exact) mass is 157 g/mol. The summed E-state index contributed by atoms with van der Waals surface area (Å²) < 4.78 is 4.83. The summed E-state index contributed by atoms with van der Waals surface area (Å²) in [6, 6.07) is 0. The Bertz CT molecular complexity index is 183. The quantitative estimate of drug-likeness (QED) is 0.431. The number of piperidine rings is 1. The molecule has 4 nitrogen and oxygen atoms in total. The summed E-state index contributed by atoms with van der Waals surface area (Å²) in [5.74, 6) is -0.313. The first kappa shape index (κ1) is 7.06. The molecule has 2 rings (SSSR count). The fraction of sp³-hybridized carbons (Fsp3) is 0.857. The van der Waals surface area contributed by atoms with Crippen molar-refractivity contribution in [2.24, 2.45) is 11.8 Å². The number of esters is 1. The van der Waals surface area contributed by atoms with E-state index in [-0.39, 0.29) is 17.8 Å². The highest BCUT2D eigenvalue weighted by Crippen LogP contribution is 2.27. The number of ether oxygens (including phenoxy) is 1. The molecule has 0 aromatic carbocycles. The van der Waals surface area contributed by atoms with Gasteiger partial charge in [0.15, 0.2) is 0 Å². The lowest BCUT2D eigenvalue weighted by Crippen LogP contribution is -2.47. The van der Waals surface area contributed by atoms with Crippen LogP contribution in [0.3, 0.4) is 0 Å². The molecule has 3 atom stereocenters. The van der Waals surface area contributed by atoms with Crippen molar-refractivity contribution in [3.05, 3.63) is 0 Å². The molecule has 2 heterocycles. The number of fused-ring (bicyclic) bond motifs is 1. The van der Waals surface area contributed by atoms with Crippen LogP contribution in [0.5, 0.6) is 0 Å². The summed E-state index contributed by atoms with van der Waals surface area (Å²) in [5.41, 5.74) is 0. The summed E-state index contributed by atoms with van der Waals surface area (Å²) in [5, 5.41) is 12.4. The predicted octanol–water partition coefficient (Wildman–Crippen LogP) is -1.26. The molecule has 4 heteroatoms. The molecule has 0 aromatic heterocycles. The number of rotatable bonds is 0. The smallest absolute Gasteiger partial charge is 0.312 e. The van der Waals surface area contributed by atoms with Gasteiger partial charge in [-0.1, -0.05) is 0 Å². The second kappa shape index (κ2) is 2.46. The van der Waals surface area contributed by atoms with Gasteiger partial charge in [-0.15, -0.1) is 0 Å². The summed E-state index contributed by atoms with van der Waals surface area (Å²) in [7, 11) is 0. The molecule has 11 heavy (non-hydrogen) atoms. The van der Waals surface area contributed by atoms with E-state index < -0.39 is 6.10 Å². The van der Waals surface area contributed by atoms with Gasteiger partial charge in [-0.05, 0) is 0 Å². The lowest BCUT2D eigenvalue weighted by Gasteiger charge is -2.26. The van der Waals surface area contributed by atoms with E-state index in [0.717, 1.165) is 6.54 Å². The van der Waals surface area contributed by atoms with Crippen LogP contribution >= 0.6 is 0 Å². The molecule has 2 aliphatic heterocycles. The normalized spacial score (nSPS) is 43.4. The lowest BCUT2D eigenvalue weighted by atomic mass is 9.87. The van der Waals surface area contributed by atoms with Crippen molar-refractivity contribution in [1.82, 2.24) is 5.32 Å². The van der Waals surface area contributed by atoms with E-state index in [4.69, 9.17) is 4.74 Å². The van der Waals surface area contributed by atoms with Gasteiger partial charge in [0.1, 0.15) is 0 Å². The number of carbonyl (C=O) groups is 1. The van der Waals surface area contributed by atoms with Gasteiger partial charge in [-0.25, -0.2) is 0 Å². The Labute approximate surface area is 64.5 Å². The topological polar surface area (TPSA) is 58.6 Å². The van der Waals surface area contributed by atoms with Crippen LogP contribution in [0.25, 0.3) is 0 Å². The number of cyclic esters (lactones) is 1. The van der Waals surface area contributed by atoms with Gasteiger partial charge < -0.3 is 15.2 Å². The third kappa shape index (κ3) is 1.02. The molecule has 0 saturated carbocycles. The molecule has 62 valence electrons. The Hall–Kier alpha value is -0.610. The first-order chi connectivity index (χ1) is 5.29. The Kier molecular flexibility index (Phi) is 1.58. The van der Waals surface area contributed by atoms with Gasteiger partial charge in [-0.2, -0.15) is 0 Å². The van der Waals surface area contributed by atoms with Gasteiger partial charge in [0.25, 0.3) is 0 Å². The fourth-order valence-electron chi connectivity index (χ4n) is 1.78. The molecule has 0 amide bonds. The molecular weight excluding hydrogens is 146 g/mol. The molecule has 0 spiro atoms. The van der Waals surface area contributed by atoms with Gasteiger partial charge in [0, 0.05) is 19.0 Å². The van der Waals surface area contributed by atoms with Crippen molar-refractivity contribution in [3.8, 4) is 0 Å². The number of hydrogen-bond donors (Lipinski definition) is 2. The van der Waals surface area contributed by atoms with Crippen LogP contribution in [0, 0.1) is 11.8 Å². The molecule has 2 N–H and O–H groups in total. The van der Waals surface area contributed by atoms with E-state index in [1.54, 1.807) is 0 Å². The number of nitrogens with one attached hydrogen (secondary N) is 1. The average Bonchev–Trinajstić information content (AvgIpc) is 2.34. The minimum absolute atomic E-state index is 0.186. The molecule has 0 aromatic rings. The second-order valence-corrected chi connectivity index (χ2v) is 3.14. The molecule has 2 aliphatic rings. The molecule has 2 saturated heterocycles. The molecule has 0 aliphatic carbocycles. The Morgan fingerprint density at radius 3 is 3.09 bits per heavy atom. The number of carbonyl (C=O) groups excluding carboxylic acids is 1. The van der Waals surface area contributed by atoms with Gasteiger partial charge in [-0.3, -0.25) is 4.79 Å². The van der Waals surface area contributed by atoms with Gasteiger partial charge in [0.2, 0.25) is 0 Å². The molecule has 2 fully saturated rings. The van der Waals surface area contributed by atoms with Crippen LogP contribution in [0.4, 0.5) is 0 Å². The van der Waals surface area contributed by atoms with Crippen LogP contribution in [0.1, 0.15) is 0 Å². The SMILES string of the molecule is O=C1OC[C@@H]2CNC[C@H](O)[C@H]12. The zero-order chi connectivity index (χ0) is 7.84. The average molecular weight is 157 g/mol. The van der Waals surface area contributed by atoms with Crippen molar-refractivity contribution in [2.75, 3.05) is 19.7 Å². The van der Waals surface area contributed by atoms with Crippen molar-refractivity contribution in [3.63, 3.8) is 0 Å². The van der Waals surface area contributed by atoms with Crippen LogP contribution < -0.4 is 5.32 Å². The molecule has 0 bridgehead atoms. The van der Waals surface area contributed by atoms with Crippen LogP contribution in [-0.4, -0.2) is 36.9 Å².